The molecule has 6 rings (SSSR count). The minimum atomic E-state index is -0.617. The van der Waals surface area contributed by atoms with Gasteiger partial charge < -0.3 is 10.2 Å². The van der Waals surface area contributed by atoms with Gasteiger partial charge in [-0.3, -0.25) is 24.6 Å². The van der Waals surface area contributed by atoms with Crippen molar-refractivity contribution in [1.29, 1.82) is 0 Å². The Labute approximate surface area is 284 Å². The summed E-state index contributed by atoms with van der Waals surface area (Å²) in [4.78, 5) is 40.6. The largest absolute Gasteiger partial charge is 0.338 e. The number of nitrogens with zero attached hydrogens (tertiary/aromatic N) is 5. The van der Waals surface area contributed by atoms with Crippen LogP contribution in [-0.2, 0) is 9.59 Å². The number of nitrogens with one attached hydrogen (secondary N) is 2. The molecule has 254 valence electrons. The average Bonchev–Trinajstić information content (AvgIpc) is 3.82. The van der Waals surface area contributed by atoms with E-state index >= 15 is 0 Å². The molecule has 47 heavy (non-hydrogen) atoms. The molecule has 2 N–H and O–H groups in total. The fourth-order valence-corrected chi connectivity index (χ4v) is 7.63. The Morgan fingerprint density at radius 1 is 1.21 bits per heavy atom. The number of amides is 2. The smallest absolute Gasteiger partial charge is 0.237 e. The third-order valence-electron chi connectivity index (χ3n) is 10.1. The van der Waals surface area contributed by atoms with Crippen molar-refractivity contribution in [1.82, 2.24) is 25.0 Å². The number of thiazole rings is 1. The second kappa shape index (κ2) is 15.5. The van der Waals surface area contributed by atoms with E-state index in [-0.39, 0.29) is 30.6 Å². The van der Waals surface area contributed by atoms with Crippen LogP contribution in [-0.4, -0.2) is 75.7 Å². The van der Waals surface area contributed by atoms with Crippen molar-refractivity contribution in [2.75, 3.05) is 38.0 Å². The monoisotopic (exact) mass is 659 g/mol. The Hall–Kier alpha value is -3.63. The van der Waals surface area contributed by atoms with E-state index in [9.17, 15) is 9.59 Å². The Morgan fingerprint density at radius 2 is 2.02 bits per heavy atom. The number of fused-ring (bicyclic) bond motifs is 1. The van der Waals surface area contributed by atoms with E-state index in [1.165, 1.54) is 5.57 Å². The minimum Gasteiger partial charge on any atom is -0.338 e. The fraction of sp³-hybridized carbons (Fsp3) is 0.541. The number of aromatic nitrogens is 3. The van der Waals surface area contributed by atoms with Crippen LogP contribution in [0.25, 0.3) is 16.5 Å². The zero-order valence-corrected chi connectivity index (χ0v) is 29.0. The molecule has 0 spiro atoms. The predicted octanol–water partition coefficient (Wildman–Crippen LogP) is 7.92. The highest BCUT2D eigenvalue weighted by Gasteiger charge is 2.54. The molecule has 9 nitrogen and oxygen atoms in total. The highest BCUT2D eigenvalue weighted by molar-refractivity contribution is 7.10. The molecule has 5 heterocycles. The molecular weight excluding hydrogens is 607 g/mol. The van der Waals surface area contributed by atoms with Crippen molar-refractivity contribution in [3.05, 3.63) is 58.3 Å². The molecule has 1 saturated heterocycles. The van der Waals surface area contributed by atoms with Crippen LogP contribution in [0.1, 0.15) is 97.7 Å². The van der Waals surface area contributed by atoms with Crippen LogP contribution in [0.4, 0.5) is 5.69 Å². The van der Waals surface area contributed by atoms with Gasteiger partial charge in [0.05, 0.1) is 23.2 Å². The Morgan fingerprint density at radius 3 is 2.72 bits per heavy atom. The number of carbonyl (C=O) groups is 2. The van der Waals surface area contributed by atoms with Crippen LogP contribution in [0.3, 0.4) is 0 Å². The molecule has 2 aromatic heterocycles. The summed E-state index contributed by atoms with van der Waals surface area (Å²) in [6, 6.07) is 5.96. The van der Waals surface area contributed by atoms with E-state index in [2.05, 4.69) is 63.3 Å². The quantitative estimate of drug-likeness (QED) is 0.256. The van der Waals surface area contributed by atoms with Crippen molar-refractivity contribution >= 4 is 51.5 Å². The van der Waals surface area contributed by atoms with E-state index in [0.29, 0.717) is 32.6 Å². The van der Waals surface area contributed by atoms with Gasteiger partial charge in [0.15, 0.2) is 0 Å². The van der Waals surface area contributed by atoms with Gasteiger partial charge in [-0.05, 0) is 74.8 Å². The first-order chi connectivity index (χ1) is 22.2. The molecule has 2 atom stereocenters. The van der Waals surface area contributed by atoms with E-state index in [0.717, 1.165) is 65.2 Å². The van der Waals surface area contributed by atoms with Crippen LogP contribution in [0.2, 0.25) is 0 Å². The molecule has 1 aromatic carbocycles. The molecule has 0 saturated carbocycles. The second-order valence-corrected chi connectivity index (χ2v) is 14.0. The maximum Gasteiger partial charge on any atom is 0.237 e. The number of hydrogen-bond acceptors (Lipinski definition) is 7. The van der Waals surface area contributed by atoms with E-state index in [1.54, 1.807) is 11.3 Å². The zero-order chi connectivity index (χ0) is 32.9. The van der Waals surface area contributed by atoms with Gasteiger partial charge in [-0.1, -0.05) is 54.2 Å². The summed E-state index contributed by atoms with van der Waals surface area (Å²) in [6.45, 7) is 15.5. The Bertz CT molecular complexity index is 1620. The van der Waals surface area contributed by atoms with Crippen LogP contribution in [0, 0.1) is 10.8 Å². The Kier molecular flexibility index (Phi) is 12.0. The molecule has 2 amide bonds. The zero-order valence-electron chi connectivity index (χ0n) is 28.2. The van der Waals surface area contributed by atoms with Gasteiger partial charge in [0.25, 0.3) is 0 Å². The standard InChI is InChI=1S/C34H43N7O2S.C2H6.CH4/c1-5-33(3,4)34(12-17-40(22-34)21-29(42)41-15-10-24(11-16-41)31-36-14-18-44-31)32(43)37-26-8-9-28-27(20-26)30(39-38-28)25-7-6-13-35-23(2)19-25;1-2;/h8-10,13-14,18-20,25H,5-7,11-12,15-17,21-22H2,1-4H3,(H,37,43)(H,38,39);1-2H3;1H4. The van der Waals surface area contributed by atoms with Crippen LogP contribution in [0.15, 0.2) is 52.6 Å². The lowest BCUT2D eigenvalue weighted by Crippen LogP contribution is -2.50. The molecule has 3 aliphatic rings. The molecule has 0 radical (unpaired) electrons. The molecule has 10 heteroatoms. The molecule has 1 fully saturated rings. The summed E-state index contributed by atoms with van der Waals surface area (Å²) in [5.41, 5.74) is 4.07. The number of H-pyrrole nitrogens is 1. The maximum atomic E-state index is 14.3. The average molecular weight is 660 g/mol. The first kappa shape index (κ1) is 36.2. The number of anilines is 1. The van der Waals surface area contributed by atoms with Crippen molar-refractivity contribution in [3.8, 4) is 0 Å². The molecule has 0 bridgehead atoms. The number of aromatic amines is 1. The second-order valence-electron chi connectivity index (χ2n) is 13.1. The van der Waals surface area contributed by atoms with Gasteiger partial charge in [-0.25, -0.2) is 4.98 Å². The molecule has 2 unspecified atom stereocenters. The van der Waals surface area contributed by atoms with E-state index in [4.69, 9.17) is 0 Å². The van der Waals surface area contributed by atoms with Gasteiger partial charge in [-0.15, -0.1) is 11.3 Å². The van der Waals surface area contributed by atoms with Gasteiger partial charge in [0.2, 0.25) is 11.8 Å². The predicted molar refractivity (Wildman–Crippen MR) is 196 cm³/mol. The van der Waals surface area contributed by atoms with Crippen LogP contribution in [0.5, 0.6) is 0 Å². The highest BCUT2D eigenvalue weighted by atomic mass is 32.1. The summed E-state index contributed by atoms with van der Waals surface area (Å²) >= 11 is 1.64. The number of benzene rings is 1. The summed E-state index contributed by atoms with van der Waals surface area (Å²) in [5, 5.41) is 15.2. The lowest BCUT2D eigenvalue weighted by Gasteiger charge is -2.42. The number of likely N-dealkylation sites (tertiary alicyclic amines) is 1. The van der Waals surface area contributed by atoms with Crippen molar-refractivity contribution in [2.45, 2.75) is 87.0 Å². The number of aliphatic imine (C=N–C) groups is 1. The van der Waals surface area contributed by atoms with Gasteiger partial charge in [-0.2, -0.15) is 5.10 Å². The highest BCUT2D eigenvalue weighted by Crippen LogP contribution is 2.49. The Balaban J connectivity index is 0.00000164. The first-order valence-corrected chi connectivity index (χ1v) is 17.7. The normalized spacial score (nSPS) is 21.7. The molecule has 3 aliphatic heterocycles. The summed E-state index contributed by atoms with van der Waals surface area (Å²) in [6.07, 6.45) is 12.4. The first-order valence-electron chi connectivity index (χ1n) is 16.8. The van der Waals surface area contributed by atoms with Gasteiger partial charge >= 0.3 is 0 Å². The van der Waals surface area contributed by atoms with Crippen LogP contribution >= 0.6 is 11.3 Å². The number of hydrogen-bond donors (Lipinski definition) is 2. The van der Waals surface area contributed by atoms with Gasteiger partial charge in [0.1, 0.15) is 5.01 Å². The SMILES string of the molecule is C.CC.CCC(C)(C)C1(C(=O)Nc2ccc3n[nH]c(C4C=C(C)N=CCC4)c3c2)CCN(CC(=O)N2CC=C(c3nccs3)CC2)C1. The lowest BCUT2D eigenvalue weighted by molar-refractivity contribution is -0.135. The topological polar surface area (TPSA) is 107 Å². The summed E-state index contributed by atoms with van der Waals surface area (Å²) in [7, 11) is 0. The number of carbonyl (C=O) groups excluding carboxylic acids is 2. The van der Waals surface area contributed by atoms with Gasteiger partial charge in [0, 0.05) is 60.1 Å². The maximum absolute atomic E-state index is 14.3. The van der Waals surface area contributed by atoms with Crippen molar-refractivity contribution < 1.29 is 9.59 Å². The summed E-state index contributed by atoms with van der Waals surface area (Å²) < 4.78 is 0. The lowest BCUT2D eigenvalue weighted by atomic mass is 9.62. The van der Waals surface area contributed by atoms with E-state index in [1.807, 2.05) is 61.7 Å². The third kappa shape index (κ3) is 7.59. The number of rotatable bonds is 8. The fourth-order valence-electron chi connectivity index (χ4n) is 6.92. The molecular formula is C37H53N7O2S. The number of allylic oxidation sites excluding steroid dienone is 2. The van der Waals surface area contributed by atoms with Crippen LogP contribution < -0.4 is 5.32 Å². The summed E-state index contributed by atoms with van der Waals surface area (Å²) in [5.74, 6) is 0.335. The molecule has 0 aliphatic carbocycles. The minimum absolute atomic E-state index is 0. The van der Waals surface area contributed by atoms with E-state index < -0.39 is 5.41 Å². The molecule has 3 aromatic rings. The third-order valence-corrected chi connectivity index (χ3v) is 11.0. The van der Waals surface area contributed by atoms with Crippen molar-refractivity contribution in [2.24, 2.45) is 15.8 Å². The van der Waals surface area contributed by atoms with Crippen molar-refractivity contribution in [3.63, 3.8) is 0 Å².